The third-order valence-corrected chi connectivity index (χ3v) is 6.14. The van der Waals surface area contributed by atoms with Crippen LogP contribution in [-0.4, -0.2) is 50.6 Å². The molecule has 0 aromatic heterocycles. The highest BCUT2D eigenvalue weighted by Gasteiger charge is 2.24. The molecule has 0 bridgehead atoms. The van der Waals surface area contributed by atoms with Gasteiger partial charge in [-0.2, -0.15) is 4.31 Å². The number of halogens is 1. The molecule has 0 spiro atoms. The van der Waals surface area contributed by atoms with E-state index in [-0.39, 0.29) is 22.3 Å². The van der Waals surface area contributed by atoms with Crippen LogP contribution in [0.25, 0.3) is 0 Å². The maximum atomic E-state index is 13.0. The summed E-state index contributed by atoms with van der Waals surface area (Å²) in [5, 5.41) is 2.72. The Hall–Kier alpha value is -3.11. The molecule has 0 aliphatic heterocycles. The fourth-order valence-electron chi connectivity index (χ4n) is 2.65. The standard InChI is InChI=1S/C22H25FN2O6S/c1-15(2)12-21(27)24-18-8-4-16(5-9-18)20(26)14-31-22(28)13-25(3)32(29,30)19-10-6-17(23)7-11-19/h4-11,15H,12-14H2,1-3H3,(H,24,27). The Labute approximate surface area is 186 Å². The molecule has 0 heterocycles. The van der Waals surface area contributed by atoms with Crippen LogP contribution in [0.15, 0.2) is 53.4 Å². The Kier molecular flexibility index (Phi) is 8.62. The van der Waals surface area contributed by atoms with Crippen molar-refractivity contribution in [2.45, 2.75) is 25.2 Å². The molecular formula is C22H25FN2O6S. The first-order chi connectivity index (χ1) is 15.0. The summed E-state index contributed by atoms with van der Waals surface area (Å²) in [5.74, 6) is -1.90. The molecule has 0 radical (unpaired) electrons. The van der Waals surface area contributed by atoms with E-state index in [4.69, 9.17) is 4.74 Å². The van der Waals surface area contributed by atoms with Crippen LogP contribution in [0.2, 0.25) is 0 Å². The second-order valence-electron chi connectivity index (χ2n) is 7.52. The first-order valence-electron chi connectivity index (χ1n) is 9.79. The lowest BCUT2D eigenvalue weighted by atomic mass is 10.1. The number of anilines is 1. The first kappa shape index (κ1) is 25.2. The average molecular weight is 465 g/mol. The van der Waals surface area contributed by atoms with Crippen LogP contribution in [0.1, 0.15) is 30.6 Å². The number of likely N-dealkylation sites (N-methyl/N-ethyl adjacent to an activating group) is 1. The third kappa shape index (κ3) is 7.24. The zero-order chi connectivity index (χ0) is 23.9. The van der Waals surface area contributed by atoms with E-state index in [0.717, 1.165) is 28.6 Å². The average Bonchev–Trinajstić information content (AvgIpc) is 2.72. The van der Waals surface area contributed by atoms with Crippen LogP contribution in [0.4, 0.5) is 10.1 Å². The van der Waals surface area contributed by atoms with E-state index >= 15 is 0 Å². The van der Waals surface area contributed by atoms with Crippen molar-refractivity contribution < 1.29 is 31.9 Å². The number of Topliss-reactive ketones (excluding diaryl/α,β-unsaturated/α-hetero) is 1. The van der Waals surface area contributed by atoms with Gasteiger partial charge in [-0.15, -0.1) is 0 Å². The van der Waals surface area contributed by atoms with Crippen LogP contribution < -0.4 is 5.32 Å². The number of hydrogen-bond donors (Lipinski definition) is 1. The van der Waals surface area contributed by atoms with Crippen molar-refractivity contribution in [3.05, 3.63) is 59.9 Å². The molecule has 0 unspecified atom stereocenters. The van der Waals surface area contributed by atoms with Gasteiger partial charge in [-0.25, -0.2) is 12.8 Å². The second-order valence-corrected chi connectivity index (χ2v) is 9.57. The van der Waals surface area contributed by atoms with Crippen LogP contribution >= 0.6 is 0 Å². The molecule has 1 amide bonds. The van der Waals surface area contributed by atoms with E-state index in [9.17, 15) is 27.2 Å². The molecule has 1 N–H and O–H groups in total. The van der Waals surface area contributed by atoms with Gasteiger partial charge in [0.2, 0.25) is 15.9 Å². The SMILES string of the molecule is CC(C)CC(=O)Nc1ccc(C(=O)COC(=O)CN(C)S(=O)(=O)c2ccc(F)cc2)cc1. The summed E-state index contributed by atoms with van der Waals surface area (Å²) in [6, 6.07) is 10.3. The van der Waals surface area contributed by atoms with Gasteiger partial charge in [0, 0.05) is 24.7 Å². The van der Waals surface area contributed by atoms with E-state index in [2.05, 4.69) is 5.32 Å². The van der Waals surface area contributed by atoms with E-state index < -0.39 is 40.7 Å². The number of sulfonamides is 1. The highest BCUT2D eigenvalue weighted by Crippen LogP contribution is 2.15. The molecule has 0 aliphatic rings. The predicted molar refractivity (Wildman–Crippen MR) is 116 cm³/mol. The smallest absolute Gasteiger partial charge is 0.321 e. The van der Waals surface area contributed by atoms with Crippen LogP contribution in [0.5, 0.6) is 0 Å². The molecule has 0 atom stereocenters. The topological polar surface area (TPSA) is 110 Å². The van der Waals surface area contributed by atoms with E-state index in [1.807, 2.05) is 13.8 Å². The van der Waals surface area contributed by atoms with Crippen LogP contribution in [0, 0.1) is 11.7 Å². The number of rotatable bonds is 10. The Balaban J connectivity index is 1.87. The molecular weight excluding hydrogens is 439 g/mol. The minimum atomic E-state index is -4.02. The zero-order valence-corrected chi connectivity index (χ0v) is 18.8. The summed E-state index contributed by atoms with van der Waals surface area (Å²) in [6.45, 7) is 2.67. The van der Waals surface area contributed by atoms with Crippen LogP contribution in [0.3, 0.4) is 0 Å². The Morgan fingerprint density at radius 2 is 1.62 bits per heavy atom. The number of carbonyl (C=O) groups is 3. The molecule has 172 valence electrons. The lowest BCUT2D eigenvalue weighted by molar-refractivity contribution is -0.142. The number of ether oxygens (including phenoxy) is 1. The van der Waals surface area contributed by atoms with Gasteiger partial charge >= 0.3 is 5.97 Å². The molecule has 0 aliphatic carbocycles. The lowest BCUT2D eigenvalue weighted by Gasteiger charge is -2.16. The second kappa shape index (κ2) is 11.0. The van der Waals surface area contributed by atoms with Gasteiger partial charge in [-0.3, -0.25) is 14.4 Å². The molecule has 32 heavy (non-hydrogen) atoms. The molecule has 2 rings (SSSR count). The van der Waals surface area contributed by atoms with E-state index in [1.165, 1.54) is 19.2 Å². The number of hydrogen-bond acceptors (Lipinski definition) is 6. The van der Waals surface area contributed by atoms with Gasteiger partial charge in [-0.05, 0) is 54.4 Å². The van der Waals surface area contributed by atoms with Crippen molar-refractivity contribution in [2.75, 3.05) is 25.5 Å². The summed E-state index contributed by atoms with van der Waals surface area (Å²) in [5.41, 5.74) is 0.809. The van der Waals surface area contributed by atoms with E-state index in [0.29, 0.717) is 12.1 Å². The van der Waals surface area contributed by atoms with Crippen molar-refractivity contribution in [3.63, 3.8) is 0 Å². The molecule has 2 aromatic rings. The van der Waals surface area contributed by atoms with Crippen molar-refractivity contribution in [1.29, 1.82) is 0 Å². The normalized spacial score (nSPS) is 11.4. The fourth-order valence-corrected chi connectivity index (χ4v) is 3.77. The van der Waals surface area contributed by atoms with Crippen molar-refractivity contribution >= 4 is 33.4 Å². The molecule has 0 saturated heterocycles. The number of nitrogens with one attached hydrogen (secondary N) is 1. The molecule has 10 heteroatoms. The van der Waals surface area contributed by atoms with Gasteiger partial charge in [0.1, 0.15) is 12.4 Å². The van der Waals surface area contributed by atoms with Gasteiger partial charge in [0.05, 0.1) is 4.90 Å². The fraction of sp³-hybridized carbons (Fsp3) is 0.318. The van der Waals surface area contributed by atoms with Crippen molar-refractivity contribution in [3.8, 4) is 0 Å². The summed E-state index contributed by atoms with van der Waals surface area (Å²) >= 11 is 0. The van der Waals surface area contributed by atoms with Crippen molar-refractivity contribution in [1.82, 2.24) is 4.31 Å². The monoisotopic (exact) mass is 464 g/mol. The maximum absolute atomic E-state index is 13.0. The number of benzene rings is 2. The molecule has 0 saturated carbocycles. The van der Waals surface area contributed by atoms with Gasteiger partial charge in [0.25, 0.3) is 0 Å². The maximum Gasteiger partial charge on any atom is 0.321 e. The Morgan fingerprint density at radius 1 is 1.03 bits per heavy atom. The minimum absolute atomic E-state index is 0.132. The quantitative estimate of drug-likeness (QED) is 0.428. The number of ketones is 1. The first-order valence-corrected chi connectivity index (χ1v) is 11.2. The summed E-state index contributed by atoms with van der Waals surface area (Å²) < 4.78 is 43.4. The van der Waals surface area contributed by atoms with Crippen LogP contribution in [-0.2, 0) is 24.3 Å². The number of carbonyl (C=O) groups excluding carboxylic acids is 3. The Bertz CT molecular complexity index is 1070. The highest BCUT2D eigenvalue weighted by molar-refractivity contribution is 7.89. The number of nitrogens with zero attached hydrogens (tertiary/aromatic N) is 1. The number of amides is 1. The van der Waals surface area contributed by atoms with Gasteiger partial charge in [-0.1, -0.05) is 13.8 Å². The van der Waals surface area contributed by atoms with Crippen molar-refractivity contribution in [2.24, 2.45) is 5.92 Å². The van der Waals surface area contributed by atoms with Gasteiger partial charge in [0.15, 0.2) is 12.4 Å². The summed E-state index contributed by atoms with van der Waals surface area (Å²) in [7, 11) is -2.84. The summed E-state index contributed by atoms with van der Waals surface area (Å²) in [6.07, 6.45) is 0.377. The molecule has 0 fully saturated rings. The third-order valence-electron chi connectivity index (χ3n) is 4.32. The minimum Gasteiger partial charge on any atom is -0.456 e. The van der Waals surface area contributed by atoms with Gasteiger partial charge < -0.3 is 10.1 Å². The summed E-state index contributed by atoms with van der Waals surface area (Å²) in [4.78, 5) is 35.8. The highest BCUT2D eigenvalue weighted by atomic mass is 32.2. The lowest BCUT2D eigenvalue weighted by Crippen LogP contribution is -2.33. The largest absolute Gasteiger partial charge is 0.456 e. The number of esters is 1. The van der Waals surface area contributed by atoms with E-state index in [1.54, 1.807) is 12.1 Å². The zero-order valence-electron chi connectivity index (χ0n) is 18.0. The Morgan fingerprint density at radius 3 is 2.19 bits per heavy atom. The predicted octanol–water partition coefficient (Wildman–Crippen LogP) is 2.86. The molecule has 8 nitrogen and oxygen atoms in total. The molecule has 2 aromatic carbocycles.